The van der Waals surface area contributed by atoms with E-state index in [0.717, 1.165) is 47.5 Å². The Morgan fingerprint density at radius 3 is 2.35 bits per heavy atom. The molecule has 0 saturated carbocycles. The van der Waals surface area contributed by atoms with Crippen molar-refractivity contribution in [3.63, 3.8) is 0 Å². The van der Waals surface area contributed by atoms with Crippen LogP contribution in [0.15, 0.2) is 52.3 Å². The van der Waals surface area contributed by atoms with Crippen LogP contribution >= 0.6 is 12.6 Å². The molecule has 26 heavy (non-hydrogen) atoms. The number of ether oxygens (including phenoxy) is 2. The van der Waals surface area contributed by atoms with Crippen molar-refractivity contribution in [3.05, 3.63) is 58.5 Å². The summed E-state index contributed by atoms with van der Waals surface area (Å²) in [5.41, 5.74) is 12.2. The Bertz CT molecular complexity index is 733. The maximum Gasteiger partial charge on any atom is 0.348 e. The van der Waals surface area contributed by atoms with Crippen molar-refractivity contribution in [1.82, 2.24) is 0 Å². The Hall–Kier alpha value is -1.97. The van der Waals surface area contributed by atoms with Gasteiger partial charge in [0.15, 0.2) is 0 Å². The first-order valence-electron chi connectivity index (χ1n) is 9.32. The molecule has 1 aromatic rings. The highest BCUT2D eigenvalue weighted by molar-refractivity contribution is 7.80. The Morgan fingerprint density at radius 1 is 1.08 bits per heavy atom. The summed E-state index contributed by atoms with van der Waals surface area (Å²) in [4.78, 5) is 4.43. The summed E-state index contributed by atoms with van der Waals surface area (Å²) in [6, 6.07) is 7.82. The minimum atomic E-state index is -0.327. The molecule has 0 aliphatic heterocycles. The number of benzene rings is 1. The second-order valence-corrected chi connectivity index (χ2v) is 6.92. The molecule has 0 N–H and O–H groups in total. The molecule has 1 aliphatic carbocycles. The van der Waals surface area contributed by atoms with Crippen molar-refractivity contribution < 1.29 is 14.3 Å². The zero-order valence-corrected chi connectivity index (χ0v) is 16.8. The summed E-state index contributed by atoms with van der Waals surface area (Å²) in [7, 11) is 0. The molecule has 140 valence electrons. The standard InChI is InChI=1S/C21H28N2O2S/c1-4-6-12-24-17-14-15(3)21(25-13-7-5-2)19(20(17)23-22)16-10-8-9-11-18(16)26/h8-11,14,19,26H,4-7,12-13H2,1-3H3. The lowest BCUT2D eigenvalue weighted by Gasteiger charge is -2.25. The van der Waals surface area contributed by atoms with Crippen molar-refractivity contribution in [3.8, 4) is 0 Å². The maximum absolute atomic E-state index is 9.78. The lowest BCUT2D eigenvalue weighted by Crippen LogP contribution is -2.26. The van der Waals surface area contributed by atoms with Crippen molar-refractivity contribution >= 4 is 18.3 Å². The number of hydrogen-bond donors (Lipinski definition) is 1. The molecule has 2 rings (SSSR count). The fraction of sp³-hybridized carbons (Fsp3) is 0.476. The van der Waals surface area contributed by atoms with E-state index in [1.54, 1.807) is 0 Å². The van der Waals surface area contributed by atoms with Crippen LogP contribution in [0.4, 0.5) is 0 Å². The van der Waals surface area contributed by atoms with Crippen LogP contribution in [0.3, 0.4) is 0 Å². The van der Waals surface area contributed by atoms with E-state index in [0.29, 0.717) is 24.7 Å². The fourth-order valence-corrected chi connectivity index (χ4v) is 3.22. The third kappa shape index (κ3) is 4.80. The highest BCUT2D eigenvalue weighted by atomic mass is 32.1. The van der Waals surface area contributed by atoms with Gasteiger partial charge >= 0.3 is 5.71 Å². The lowest BCUT2D eigenvalue weighted by molar-refractivity contribution is -0.0160. The molecular weight excluding hydrogens is 344 g/mol. The summed E-state index contributed by atoms with van der Waals surface area (Å²) >= 11 is 4.61. The third-order valence-corrected chi connectivity index (χ3v) is 4.80. The van der Waals surface area contributed by atoms with Crippen LogP contribution in [-0.4, -0.2) is 23.7 Å². The lowest BCUT2D eigenvalue weighted by atomic mass is 9.85. The normalized spacial score (nSPS) is 17.0. The quantitative estimate of drug-likeness (QED) is 0.268. The molecule has 0 spiro atoms. The van der Waals surface area contributed by atoms with Crippen molar-refractivity contribution in [2.24, 2.45) is 0 Å². The average molecular weight is 373 g/mol. The van der Waals surface area contributed by atoms with Crippen molar-refractivity contribution in [2.45, 2.75) is 57.3 Å². The van der Waals surface area contributed by atoms with Gasteiger partial charge in [-0.3, -0.25) is 0 Å². The predicted octanol–water partition coefficient (Wildman–Crippen LogP) is 5.53. The van der Waals surface area contributed by atoms with E-state index in [1.807, 2.05) is 37.3 Å². The van der Waals surface area contributed by atoms with Crippen LogP contribution < -0.4 is 0 Å². The first-order valence-corrected chi connectivity index (χ1v) is 9.76. The van der Waals surface area contributed by atoms with Gasteiger partial charge in [0.25, 0.3) is 0 Å². The maximum atomic E-state index is 9.78. The van der Waals surface area contributed by atoms with Gasteiger partial charge in [0.05, 0.1) is 13.2 Å². The molecule has 1 aromatic carbocycles. The number of thiol groups is 1. The van der Waals surface area contributed by atoms with Gasteiger partial charge in [-0.05, 0) is 43.0 Å². The Balaban J connectivity index is 2.46. The monoisotopic (exact) mass is 372 g/mol. The topological polar surface area (TPSA) is 54.9 Å². The fourth-order valence-electron chi connectivity index (χ4n) is 2.93. The Morgan fingerprint density at radius 2 is 1.73 bits per heavy atom. The smallest absolute Gasteiger partial charge is 0.348 e. The summed E-state index contributed by atoms with van der Waals surface area (Å²) in [6.45, 7) is 7.48. The Kier molecular flexibility index (Phi) is 8.02. The van der Waals surface area contributed by atoms with Gasteiger partial charge < -0.3 is 15.0 Å². The molecule has 0 radical (unpaired) electrons. The van der Waals surface area contributed by atoms with E-state index < -0.39 is 0 Å². The van der Waals surface area contributed by atoms with Crippen LogP contribution in [0.25, 0.3) is 5.53 Å². The van der Waals surface area contributed by atoms with E-state index in [9.17, 15) is 5.53 Å². The molecule has 1 atom stereocenters. The number of unbranched alkanes of at least 4 members (excludes halogenated alkanes) is 2. The summed E-state index contributed by atoms with van der Waals surface area (Å²) in [6.07, 6.45) is 5.93. The van der Waals surface area contributed by atoms with E-state index in [2.05, 4.69) is 31.3 Å². The average Bonchev–Trinajstić information content (AvgIpc) is 2.64. The highest BCUT2D eigenvalue weighted by Crippen LogP contribution is 2.38. The summed E-state index contributed by atoms with van der Waals surface area (Å²) < 4.78 is 12.0. The number of allylic oxidation sites excluding steroid dienone is 4. The largest absolute Gasteiger partial charge is 0.496 e. The minimum Gasteiger partial charge on any atom is -0.496 e. The second kappa shape index (κ2) is 10.2. The zero-order valence-electron chi connectivity index (χ0n) is 15.9. The van der Waals surface area contributed by atoms with Gasteiger partial charge in [-0.25, -0.2) is 0 Å². The van der Waals surface area contributed by atoms with Crippen LogP contribution in [0.1, 0.15) is 57.9 Å². The van der Waals surface area contributed by atoms with Gasteiger partial charge in [-0.15, -0.1) is 12.6 Å². The third-order valence-electron chi connectivity index (χ3n) is 4.39. The molecule has 0 amide bonds. The summed E-state index contributed by atoms with van der Waals surface area (Å²) in [5.74, 6) is 1.07. The van der Waals surface area contributed by atoms with Gasteiger partial charge in [0.1, 0.15) is 11.7 Å². The van der Waals surface area contributed by atoms with Crippen LogP contribution in [0, 0.1) is 0 Å². The molecule has 5 heteroatoms. The zero-order chi connectivity index (χ0) is 18.9. The van der Waals surface area contributed by atoms with E-state index in [-0.39, 0.29) is 5.92 Å². The molecule has 1 aliphatic rings. The molecule has 0 aromatic heterocycles. The van der Waals surface area contributed by atoms with E-state index in [4.69, 9.17) is 9.47 Å². The van der Waals surface area contributed by atoms with Gasteiger partial charge in [-0.2, -0.15) is 4.79 Å². The molecule has 1 unspecified atom stereocenters. The van der Waals surface area contributed by atoms with Crippen molar-refractivity contribution in [1.29, 1.82) is 0 Å². The molecule has 4 nitrogen and oxygen atoms in total. The number of hydrogen-bond acceptors (Lipinski definition) is 3. The van der Waals surface area contributed by atoms with E-state index in [1.165, 1.54) is 0 Å². The first-order chi connectivity index (χ1) is 12.6. The van der Waals surface area contributed by atoms with E-state index >= 15 is 0 Å². The minimum absolute atomic E-state index is 0.327. The highest BCUT2D eigenvalue weighted by Gasteiger charge is 2.40. The molecular formula is C21H28N2O2S. The van der Waals surface area contributed by atoms with Gasteiger partial charge in [-0.1, -0.05) is 44.9 Å². The van der Waals surface area contributed by atoms with Crippen LogP contribution in [-0.2, 0) is 9.47 Å². The van der Waals surface area contributed by atoms with Crippen molar-refractivity contribution in [2.75, 3.05) is 13.2 Å². The van der Waals surface area contributed by atoms with Crippen LogP contribution in [0.5, 0.6) is 0 Å². The molecule has 0 saturated heterocycles. The number of nitrogens with zero attached hydrogens (tertiary/aromatic N) is 2. The van der Waals surface area contributed by atoms with Gasteiger partial charge in [0.2, 0.25) is 5.76 Å². The first kappa shape index (κ1) is 20.3. The van der Waals surface area contributed by atoms with Gasteiger partial charge in [0, 0.05) is 4.90 Å². The predicted molar refractivity (Wildman–Crippen MR) is 108 cm³/mol. The molecule has 0 heterocycles. The second-order valence-electron chi connectivity index (χ2n) is 6.44. The van der Waals surface area contributed by atoms with Crippen LogP contribution in [0.2, 0.25) is 0 Å². The number of rotatable bonds is 9. The SMILES string of the molecule is CCCCOC1=CC(C)=C(OCCCC)C(c2ccccc2S)C1=[N+]=[N-]. The molecule has 0 fully saturated rings. The summed E-state index contributed by atoms with van der Waals surface area (Å²) in [5, 5.41) is 0. The Labute approximate surface area is 161 Å². The molecule has 0 bridgehead atoms.